The van der Waals surface area contributed by atoms with Crippen molar-refractivity contribution in [2.75, 3.05) is 19.6 Å². The maximum Gasteiger partial charge on any atom is 0.251 e. The Morgan fingerprint density at radius 2 is 2.03 bits per heavy atom. The van der Waals surface area contributed by atoms with Crippen LogP contribution in [0.2, 0.25) is 0 Å². The summed E-state index contributed by atoms with van der Waals surface area (Å²) >= 11 is 1.70. The van der Waals surface area contributed by atoms with E-state index in [1.807, 2.05) is 64.2 Å². The van der Waals surface area contributed by atoms with Gasteiger partial charge in [-0.1, -0.05) is 6.07 Å². The molecule has 6 nitrogen and oxygen atoms in total. The van der Waals surface area contributed by atoms with Crippen molar-refractivity contribution in [3.05, 3.63) is 66.1 Å². The molecule has 0 aliphatic carbocycles. The van der Waals surface area contributed by atoms with E-state index in [-0.39, 0.29) is 11.8 Å². The van der Waals surface area contributed by atoms with E-state index in [9.17, 15) is 9.59 Å². The molecule has 7 heteroatoms. The Morgan fingerprint density at radius 3 is 2.79 bits per heavy atom. The number of rotatable bonds is 8. The molecule has 29 heavy (non-hydrogen) atoms. The Kier molecular flexibility index (Phi) is 6.14. The molecule has 0 saturated carbocycles. The second-order valence-electron chi connectivity index (χ2n) is 7.11. The van der Waals surface area contributed by atoms with Gasteiger partial charge in [-0.25, -0.2) is 4.98 Å². The number of thioether (sulfide) groups is 1. The summed E-state index contributed by atoms with van der Waals surface area (Å²) in [4.78, 5) is 31.4. The summed E-state index contributed by atoms with van der Waals surface area (Å²) in [5.41, 5.74) is 2.63. The highest BCUT2D eigenvalue weighted by Crippen LogP contribution is 2.23. The minimum absolute atomic E-state index is 0.0744. The zero-order valence-corrected chi connectivity index (χ0v) is 17.0. The van der Waals surface area contributed by atoms with Crippen LogP contribution in [-0.4, -0.2) is 45.7 Å². The van der Waals surface area contributed by atoms with Crippen LogP contribution in [-0.2, 0) is 10.5 Å². The third-order valence-electron chi connectivity index (χ3n) is 4.98. The Balaban J connectivity index is 1.22. The van der Waals surface area contributed by atoms with E-state index in [2.05, 4.69) is 10.3 Å². The molecule has 0 spiro atoms. The molecule has 1 fully saturated rings. The van der Waals surface area contributed by atoms with E-state index in [0.717, 1.165) is 47.9 Å². The molecule has 2 aromatic heterocycles. The largest absolute Gasteiger partial charge is 0.352 e. The average Bonchev–Trinajstić information content (AvgIpc) is 3.35. The molecule has 3 aromatic rings. The fourth-order valence-corrected chi connectivity index (χ4v) is 4.21. The first-order valence-electron chi connectivity index (χ1n) is 9.90. The molecule has 1 aliphatic heterocycles. The average molecular weight is 409 g/mol. The van der Waals surface area contributed by atoms with Gasteiger partial charge in [-0.3, -0.25) is 9.59 Å². The van der Waals surface area contributed by atoms with Crippen LogP contribution in [0.25, 0.3) is 5.65 Å². The van der Waals surface area contributed by atoms with E-state index in [1.54, 1.807) is 11.8 Å². The number of nitrogens with one attached hydrogen (secondary N) is 1. The van der Waals surface area contributed by atoms with Gasteiger partial charge in [0, 0.05) is 54.7 Å². The van der Waals surface area contributed by atoms with Crippen molar-refractivity contribution >= 4 is 29.2 Å². The molecule has 1 saturated heterocycles. The maximum atomic E-state index is 12.3. The quantitative estimate of drug-likeness (QED) is 0.458. The molecule has 0 atom stereocenters. The zero-order valence-electron chi connectivity index (χ0n) is 16.2. The number of carbonyl (C=O) groups is 2. The topological polar surface area (TPSA) is 66.7 Å². The molecule has 0 bridgehead atoms. The minimum atomic E-state index is -0.0744. The van der Waals surface area contributed by atoms with Crippen molar-refractivity contribution in [1.82, 2.24) is 19.6 Å². The van der Waals surface area contributed by atoms with Gasteiger partial charge < -0.3 is 14.6 Å². The van der Waals surface area contributed by atoms with Crippen LogP contribution in [0.4, 0.5) is 0 Å². The predicted molar refractivity (Wildman–Crippen MR) is 114 cm³/mol. The summed E-state index contributed by atoms with van der Waals surface area (Å²) in [6.07, 6.45) is 6.43. The SMILES string of the molecule is O=C(NCCCN1CCCC1=O)c1ccc(SCc2cn3ccccc3n2)cc1. The number of hydrogen-bond donors (Lipinski definition) is 1. The standard InChI is InChI=1S/C22H24N4O2S/c27-21-6-3-13-25(21)14-4-11-23-22(28)17-7-9-19(10-8-17)29-16-18-15-26-12-2-1-5-20(26)24-18/h1-2,5,7-10,12,15H,3-4,6,11,13-14,16H2,(H,23,28). The van der Waals surface area contributed by atoms with Gasteiger partial charge in [0.15, 0.2) is 0 Å². The van der Waals surface area contributed by atoms with Gasteiger partial charge in [-0.2, -0.15) is 0 Å². The van der Waals surface area contributed by atoms with Gasteiger partial charge in [-0.05, 0) is 49.2 Å². The van der Waals surface area contributed by atoms with Crippen molar-refractivity contribution in [2.24, 2.45) is 0 Å². The highest BCUT2D eigenvalue weighted by atomic mass is 32.2. The van der Waals surface area contributed by atoms with E-state index in [4.69, 9.17) is 0 Å². The van der Waals surface area contributed by atoms with Gasteiger partial charge in [0.25, 0.3) is 5.91 Å². The molecule has 3 heterocycles. The highest BCUT2D eigenvalue weighted by Gasteiger charge is 2.19. The van der Waals surface area contributed by atoms with E-state index in [0.29, 0.717) is 18.5 Å². The summed E-state index contributed by atoms with van der Waals surface area (Å²) < 4.78 is 2.02. The maximum absolute atomic E-state index is 12.3. The normalized spacial score (nSPS) is 13.9. The molecule has 1 aliphatic rings. The van der Waals surface area contributed by atoms with Crippen molar-refractivity contribution < 1.29 is 9.59 Å². The monoisotopic (exact) mass is 408 g/mol. The summed E-state index contributed by atoms with van der Waals surface area (Å²) in [6.45, 7) is 2.14. The predicted octanol–water partition coefficient (Wildman–Crippen LogP) is 3.37. The van der Waals surface area contributed by atoms with Crippen LogP contribution in [0.5, 0.6) is 0 Å². The lowest BCUT2D eigenvalue weighted by Gasteiger charge is -2.15. The second kappa shape index (κ2) is 9.13. The zero-order chi connectivity index (χ0) is 20.1. The Bertz CT molecular complexity index is 966. The molecular weight excluding hydrogens is 384 g/mol. The van der Waals surface area contributed by atoms with E-state index < -0.39 is 0 Å². The van der Waals surface area contributed by atoms with Crippen molar-refractivity contribution in [3.8, 4) is 0 Å². The smallest absolute Gasteiger partial charge is 0.251 e. The minimum Gasteiger partial charge on any atom is -0.352 e. The fourth-order valence-electron chi connectivity index (χ4n) is 3.43. The van der Waals surface area contributed by atoms with Crippen molar-refractivity contribution in [1.29, 1.82) is 0 Å². The summed E-state index contributed by atoms with van der Waals surface area (Å²) in [5.74, 6) is 0.935. The molecule has 0 radical (unpaired) electrons. The van der Waals surface area contributed by atoms with Gasteiger partial charge in [0.2, 0.25) is 5.91 Å². The number of hydrogen-bond acceptors (Lipinski definition) is 4. The first kappa shape index (κ1) is 19.5. The first-order chi connectivity index (χ1) is 14.2. The van der Waals surface area contributed by atoms with Crippen molar-refractivity contribution in [2.45, 2.75) is 29.9 Å². The van der Waals surface area contributed by atoms with Gasteiger partial charge in [0.05, 0.1) is 5.69 Å². The molecule has 2 amide bonds. The Morgan fingerprint density at radius 1 is 1.17 bits per heavy atom. The van der Waals surface area contributed by atoms with Crippen LogP contribution in [0.3, 0.4) is 0 Å². The number of benzene rings is 1. The van der Waals surface area contributed by atoms with Crippen molar-refractivity contribution in [3.63, 3.8) is 0 Å². The third-order valence-corrected chi connectivity index (χ3v) is 6.02. The molecule has 4 rings (SSSR count). The summed E-state index contributed by atoms with van der Waals surface area (Å²) in [5, 5.41) is 2.93. The number of carbonyl (C=O) groups excluding carboxylic acids is 2. The number of likely N-dealkylation sites (tertiary alicyclic amines) is 1. The Hall–Kier alpha value is -2.80. The third kappa shape index (κ3) is 4.98. The number of nitrogens with zero attached hydrogens (tertiary/aromatic N) is 3. The number of aromatic nitrogens is 2. The number of amides is 2. The fraction of sp³-hybridized carbons (Fsp3) is 0.318. The van der Waals surface area contributed by atoms with E-state index in [1.165, 1.54) is 0 Å². The molecule has 1 aromatic carbocycles. The lowest BCUT2D eigenvalue weighted by Crippen LogP contribution is -2.30. The summed E-state index contributed by atoms with van der Waals surface area (Å²) in [7, 11) is 0. The van der Waals surface area contributed by atoms with Crippen LogP contribution in [0.15, 0.2) is 59.8 Å². The van der Waals surface area contributed by atoms with Gasteiger partial charge in [0.1, 0.15) is 5.65 Å². The number of pyridine rings is 1. The lowest BCUT2D eigenvalue weighted by atomic mass is 10.2. The number of fused-ring (bicyclic) bond motifs is 1. The van der Waals surface area contributed by atoms with Crippen LogP contribution in [0, 0.1) is 0 Å². The molecule has 1 N–H and O–H groups in total. The number of imidazole rings is 1. The lowest BCUT2D eigenvalue weighted by molar-refractivity contribution is -0.127. The van der Waals surface area contributed by atoms with E-state index >= 15 is 0 Å². The first-order valence-corrected chi connectivity index (χ1v) is 10.9. The van der Waals surface area contributed by atoms with Gasteiger partial charge >= 0.3 is 0 Å². The molecule has 150 valence electrons. The second-order valence-corrected chi connectivity index (χ2v) is 8.15. The van der Waals surface area contributed by atoms with Crippen LogP contribution in [0.1, 0.15) is 35.3 Å². The molecular formula is C22H24N4O2S. The highest BCUT2D eigenvalue weighted by molar-refractivity contribution is 7.98. The molecule has 0 unspecified atom stereocenters. The van der Waals surface area contributed by atoms with Gasteiger partial charge in [-0.15, -0.1) is 11.8 Å². The van der Waals surface area contributed by atoms with Crippen LogP contribution >= 0.6 is 11.8 Å². The summed E-state index contributed by atoms with van der Waals surface area (Å²) in [6, 6.07) is 13.6. The Labute approximate surface area is 174 Å². The van der Waals surface area contributed by atoms with Crippen LogP contribution < -0.4 is 5.32 Å².